The first-order valence-corrected chi connectivity index (χ1v) is 10.1. The number of ether oxygens (including phenoxy) is 1. The number of amides is 1. The topological polar surface area (TPSA) is 69.0 Å². The van der Waals surface area contributed by atoms with E-state index in [1.807, 2.05) is 74.0 Å². The number of carbonyl (C=O) groups is 1. The van der Waals surface area contributed by atoms with E-state index >= 15 is 0 Å². The number of hydrogen-bond acceptors (Lipinski definition) is 5. The maximum atomic E-state index is 12.6. The number of thioether (sulfide) groups is 1. The van der Waals surface area contributed by atoms with Crippen LogP contribution in [0, 0.1) is 0 Å². The highest BCUT2D eigenvalue weighted by atomic mass is 35.5. The van der Waals surface area contributed by atoms with Crippen molar-refractivity contribution in [3.63, 3.8) is 0 Å². The molecule has 0 aliphatic rings. The van der Waals surface area contributed by atoms with Gasteiger partial charge in [0.2, 0.25) is 5.91 Å². The van der Waals surface area contributed by atoms with Gasteiger partial charge in [-0.05, 0) is 50.2 Å². The molecule has 0 aliphatic heterocycles. The van der Waals surface area contributed by atoms with Gasteiger partial charge in [-0.1, -0.05) is 35.5 Å². The lowest BCUT2D eigenvalue weighted by molar-refractivity contribution is -0.115. The molecule has 0 bridgehead atoms. The summed E-state index contributed by atoms with van der Waals surface area (Å²) >= 11 is 7.29. The fraction of sp³-hybridized carbons (Fsp3) is 0.250. The first-order valence-electron chi connectivity index (χ1n) is 8.84. The van der Waals surface area contributed by atoms with Gasteiger partial charge in [0.15, 0.2) is 11.0 Å². The van der Waals surface area contributed by atoms with Gasteiger partial charge in [0, 0.05) is 17.6 Å². The van der Waals surface area contributed by atoms with E-state index in [1.165, 1.54) is 11.8 Å². The van der Waals surface area contributed by atoms with Crippen LogP contribution in [-0.4, -0.2) is 32.5 Å². The first-order chi connectivity index (χ1) is 13.5. The van der Waals surface area contributed by atoms with E-state index in [1.54, 1.807) is 0 Å². The van der Waals surface area contributed by atoms with Crippen molar-refractivity contribution >= 4 is 35.0 Å². The van der Waals surface area contributed by atoms with Crippen molar-refractivity contribution in [3.05, 3.63) is 53.6 Å². The molecule has 0 saturated carbocycles. The largest absolute Gasteiger partial charge is 0.492 e. The Morgan fingerprint density at radius 1 is 1.21 bits per heavy atom. The third kappa shape index (κ3) is 4.66. The number of benzene rings is 2. The summed E-state index contributed by atoms with van der Waals surface area (Å²) in [4.78, 5) is 12.6. The summed E-state index contributed by atoms with van der Waals surface area (Å²) in [6, 6.07) is 14.8. The molecular weight excluding hydrogens is 396 g/mol. The number of rotatable bonds is 7. The van der Waals surface area contributed by atoms with Gasteiger partial charge in [0.05, 0.1) is 17.5 Å². The molecule has 3 rings (SSSR count). The number of hydrogen-bond donors (Lipinski definition) is 1. The van der Waals surface area contributed by atoms with Gasteiger partial charge < -0.3 is 14.6 Å². The summed E-state index contributed by atoms with van der Waals surface area (Å²) < 4.78 is 7.43. The van der Waals surface area contributed by atoms with Crippen LogP contribution in [0.4, 0.5) is 5.69 Å². The molecule has 0 radical (unpaired) electrons. The smallest absolute Gasteiger partial charge is 0.237 e. The number of halogens is 1. The Morgan fingerprint density at radius 3 is 2.64 bits per heavy atom. The van der Waals surface area contributed by atoms with Crippen molar-refractivity contribution in [2.75, 3.05) is 11.9 Å². The van der Waals surface area contributed by atoms with E-state index in [2.05, 4.69) is 15.5 Å². The molecule has 2 aromatic carbocycles. The van der Waals surface area contributed by atoms with Crippen molar-refractivity contribution in [1.29, 1.82) is 0 Å². The van der Waals surface area contributed by atoms with Crippen LogP contribution in [0.1, 0.15) is 13.8 Å². The third-order valence-electron chi connectivity index (χ3n) is 4.03. The van der Waals surface area contributed by atoms with Crippen LogP contribution in [0.2, 0.25) is 5.02 Å². The molecule has 3 aromatic rings. The summed E-state index contributed by atoms with van der Waals surface area (Å²) in [7, 11) is 1.88. The summed E-state index contributed by atoms with van der Waals surface area (Å²) in [5.74, 6) is 1.24. The molecule has 146 valence electrons. The fourth-order valence-electron chi connectivity index (χ4n) is 2.57. The van der Waals surface area contributed by atoms with E-state index in [4.69, 9.17) is 16.3 Å². The molecule has 0 fully saturated rings. The van der Waals surface area contributed by atoms with E-state index in [0.29, 0.717) is 34.0 Å². The standard InChI is InChI=1S/C20H21ClN4O2S/c1-4-27-17-8-6-5-7-16(17)22-19(26)13(2)28-20-24-23-18(25(20)3)14-9-11-15(21)12-10-14/h5-13H,4H2,1-3H3,(H,22,26)/t13-/m1/s1. The number of nitrogens with zero attached hydrogens (tertiary/aromatic N) is 3. The Bertz CT molecular complexity index is 959. The lowest BCUT2D eigenvalue weighted by Gasteiger charge is -2.14. The quantitative estimate of drug-likeness (QED) is 0.567. The second-order valence-corrected chi connectivity index (χ2v) is 7.79. The van der Waals surface area contributed by atoms with Crippen LogP contribution in [0.5, 0.6) is 5.75 Å². The Labute approximate surface area is 173 Å². The van der Waals surface area contributed by atoms with Crippen molar-refractivity contribution in [3.8, 4) is 17.1 Å². The molecule has 1 amide bonds. The highest BCUT2D eigenvalue weighted by molar-refractivity contribution is 8.00. The van der Waals surface area contributed by atoms with Crippen LogP contribution < -0.4 is 10.1 Å². The zero-order chi connectivity index (χ0) is 20.1. The van der Waals surface area contributed by atoms with Gasteiger partial charge >= 0.3 is 0 Å². The van der Waals surface area contributed by atoms with Crippen molar-refractivity contribution in [1.82, 2.24) is 14.8 Å². The Morgan fingerprint density at radius 2 is 1.93 bits per heavy atom. The van der Waals surface area contributed by atoms with Gasteiger partial charge in [0.1, 0.15) is 5.75 Å². The summed E-state index contributed by atoms with van der Waals surface area (Å²) in [6.07, 6.45) is 0. The molecule has 8 heteroatoms. The lowest BCUT2D eigenvalue weighted by atomic mass is 10.2. The van der Waals surface area contributed by atoms with Crippen LogP contribution in [0.15, 0.2) is 53.7 Å². The first kappa shape index (κ1) is 20.2. The number of para-hydroxylation sites is 2. The van der Waals surface area contributed by atoms with E-state index in [-0.39, 0.29) is 11.2 Å². The van der Waals surface area contributed by atoms with Crippen LogP contribution >= 0.6 is 23.4 Å². The van der Waals surface area contributed by atoms with Gasteiger partial charge in [-0.2, -0.15) is 0 Å². The lowest BCUT2D eigenvalue weighted by Crippen LogP contribution is -2.23. The predicted octanol–water partition coefficient (Wildman–Crippen LogP) is 4.65. The van der Waals surface area contributed by atoms with E-state index < -0.39 is 0 Å². The third-order valence-corrected chi connectivity index (χ3v) is 5.42. The van der Waals surface area contributed by atoms with Crippen LogP contribution in [0.25, 0.3) is 11.4 Å². The Balaban J connectivity index is 1.70. The average Bonchev–Trinajstić information content (AvgIpc) is 3.04. The monoisotopic (exact) mass is 416 g/mol. The molecule has 1 heterocycles. The zero-order valence-corrected chi connectivity index (χ0v) is 17.4. The molecule has 6 nitrogen and oxygen atoms in total. The molecule has 0 aliphatic carbocycles. The number of carbonyl (C=O) groups excluding carboxylic acids is 1. The number of aromatic nitrogens is 3. The van der Waals surface area contributed by atoms with Gasteiger partial charge in [-0.15, -0.1) is 10.2 Å². The average molecular weight is 417 g/mol. The van der Waals surface area contributed by atoms with Gasteiger partial charge in [-0.25, -0.2) is 0 Å². The minimum Gasteiger partial charge on any atom is -0.492 e. The molecule has 0 spiro atoms. The molecule has 0 saturated heterocycles. The Kier molecular flexibility index (Phi) is 6.59. The minimum atomic E-state index is -0.365. The van der Waals surface area contributed by atoms with Crippen molar-refractivity contribution in [2.24, 2.45) is 7.05 Å². The fourth-order valence-corrected chi connectivity index (χ4v) is 3.51. The zero-order valence-electron chi connectivity index (χ0n) is 15.8. The molecule has 1 atom stereocenters. The molecular formula is C20H21ClN4O2S. The normalized spacial score (nSPS) is 11.9. The van der Waals surface area contributed by atoms with Crippen molar-refractivity contribution < 1.29 is 9.53 Å². The van der Waals surface area contributed by atoms with Crippen molar-refractivity contribution in [2.45, 2.75) is 24.3 Å². The van der Waals surface area contributed by atoms with E-state index in [9.17, 15) is 4.79 Å². The number of nitrogens with one attached hydrogen (secondary N) is 1. The minimum absolute atomic E-state index is 0.131. The predicted molar refractivity (Wildman–Crippen MR) is 113 cm³/mol. The maximum Gasteiger partial charge on any atom is 0.237 e. The summed E-state index contributed by atoms with van der Waals surface area (Å²) in [5, 5.41) is 12.4. The van der Waals surface area contributed by atoms with Gasteiger partial charge in [0.25, 0.3) is 0 Å². The molecule has 0 unspecified atom stereocenters. The molecule has 28 heavy (non-hydrogen) atoms. The second kappa shape index (κ2) is 9.12. The summed E-state index contributed by atoms with van der Waals surface area (Å²) in [6.45, 7) is 4.27. The van der Waals surface area contributed by atoms with Crippen LogP contribution in [0.3, 0.4) is 0 Å². The second-order valence-electron chi connectivity index (χ2n) is 6.05. The van der Waals surface area contributed by atoms with Crippen LogP contribution in [-0.2, 0) is 11.8 Å². The SMILES string of the molecule is CCOc1ccccc1NC(=O)[C@@H](C)Sc1nnc(-c2ccc(Cl)cc2)n1C. The molecule has 1 aromatic heterocycles. The Hall–Kier alpha value is -2.51. The van der Waals surface area contributed by atoms with Gasteiger partial charge in [-0.3, -0.25) is 4.79 Å². The summed E-state index contributed by atoms with van der Waals surface area (Å²) in [5.41, 5.74) is 1.57. The maximum absolute atomic E-state index is 12.6. The number of anilines is 1. The molecule has 1 N–H and O–H groups in total. The highest BCUT2D eigenvalue weighted by Crippen LogP contribution is 2.28. The van der Waals surface area contributed by atoms with E-state index in [0.717, 1.165) is 5.56 Å². The highest BCUT2D eigenvalue weighted by Gasteiger charge is 2.20.